The molecule has 33 heavy (non-hydrogen) atoms. The lowest BCUT2D eigenvalue weighted by Crippen LogP contribution is -2.37. The Labute approximate surface area is 197 Å². The quantitative estimate of drug-likeness (QED) is 0.236. The predicted octanol–water partition coefficient (Wildman–Crippen LogP) is 6.28. The maximum absolute atomic E-state index is 12.1. The Morgan fingerprint density at radius 1 is 1.27 bits per heavy atom. The number of anilines is 1. The number of unbranched alkanes of at least 4 members (excludes halogenated alkanes) is 1. The Kier molecular flexibility index (Phi) is 6.01. The van der Waals surface area contributed by atoms with Gasteiger partial charge >= 0.3 is 5.97 Å². The van der Waals surface area contributed by atoms with Crippen molar-refractivity contribution in [3.63, 3.8) is 0 Å². The molecule has 0 unspecified atom stereocenters. The lowest BCUT2D eigenvalue weighted by molar-refractivity contribution is 0.0499. The van der Waals surface area contributed by atoms with Gasteiger partial charge in [-0.3, -0.25) is 0 Å². The second-order valence-electron chi connectivity index (χ2n) is 8.40. The van der Waals surface area contributed by atoms with Crippen LogP contribution in [0.4, 0.5) is 10.0 Å². The Hall–Kier alpha value is -3.37. The topological polar surface area (TPSA) is 78.8 Å². The minimum Gasteiger partial charge on any atom is -0.462 e. The first kappa shape index (κ1) is 21.5. The SMILES string of the molecule is CCCCOC(=O)c1ccc(-c2ccc(C=Nc3sc4c(c3C#N)C3CCN4CC3)o2)cc1. The molecule has 6 nitrogen and oxygen atoms in total. The highest BCUT2D eigenvalue weighted by atomic mass is 32.1. The summed E-state index contributed by atoms with van der Waals surface area (Å²) in [6.07, 6.45) is 5.78. The Balaban J connectivity index is 1.31. The van der Waals surface area contributed by atoms with E-state index in [4.69, 9.17) is 9.15 Å². The second kappa shape index (κ2) is 9.24. The largest absolute Gasteiger partial charge is 0.462 e. The third-order valence-electron chi connectivity index (χ3n) is 6.28. The van der Waals surface area contributed by atoms with Gasteiger partial charge in [0.15, 0.2) is 0 Å². The summed E-state index contributed by atoms with van der Waals surface area (Å²) in [6.45, 7) is 4.65. The summed E-state index contributed by atoms with van der Waals surface area (Å²) in [4.78, 5) is 19.1. The van der Waals surface area contributed by atoms with Crippen LogP contribution in [0.25, 0.3) is 11.3 Å². The summed E-state index contributed by atoms with van der Waals surface area (Å²) < 4.78 is 11.2. The number of nitrogens with zero attached hydrogens (tertiary/aromatic N) is 3. The Bertz CT molecular complexity index is 1220. The van der Waals surface area contributed by atoms with Crippen molar-refractivity contribution in [1.29, 1.82) is 5.26 Å². The fraction of sp³-hybridized carbons (Fsp3) is 0.346. The van der Waals surface area contributed by atoms with E-state index < -0.39 is 0 Å². The van der Waals surface area contributed by atoms with E-state index in [1.54, 1.807) is 29.7 Å². The van der Waals surface area contributed by atoms with Crippen molar-refractivity contribution in [1.82, 2.24) is 0 Å². The van der Waals surface area contributed by atoms with Gasteiger partial charge in [-0.05, 0) is 49.4 Å². The summed E-state index contributed by atoms with van der Waals surface area (Å²) in [5.74, 6) is 1.49. The van der Waals surface area contributed by atoms with Crippen LogP contribution in [0.1, 0.15) is 65.8 Å². The third kappa shape index (κ3) is 4.19. The number of carbonyl (C=O) groups is 1. The third-order valence-corrected chi connectivity index (χ3v) is 7.46. The number of hydrogen-bond donors (Lipinski definition) is 0. The number of nitriles is 1. The van der Waals surface area contributed by atoms with Gasteiger partial charge in [0.05, 0.1) is 28.9 Å². The first-order valence-corrected chi connectivity index (χ1v) is 12.2. The van der Waals surface area contributed by atoms with Crippen molar-refractivity contribution in [2.45, 2.75) is 38.5 Å². The van der Waals surface area contributed by atoms with Crippen molar-refractivity contribution in [2.75, 3.05) is 24.6 Å². The van der Waals surface area contributed by atoms with Crippen LogP contribution in [0.15, 0.2) is 45.8 Å². The molecule has 7 heteroatoms. The standard InChI is InChI=1S/C26H25N3O3S/c1-2-3-14-31-26(30)19-6-4-17(5-7-19)22-9-8-20(32-22)16-28-24-21(15-27)23-18-10-12-29(13-11-18)25(23)33-24/h4-9,16,18H,2-3,10-14H2,1H3. The van der Waals surface area contributed by atoms with Gasteiger partial charge in [0, 0.05) is 24.2 Å². The van der Waals surface area contributed by atoms with Crippen molar-refractivity contribution in [2.24, 2.45) is 4.99 Å². The zero-order valence-electron chi connectivity index (χ0n) is 18.5. The van der Waals surface area contributed by atoms with Crippen LogP contribution in [-0.2, 0) is 4.74 Å². The molecule has 0 saturated carbocycles. The van der Waals surface area contributed by atoms with E-state index in [1.165, 1.54) is 10.6 Å². The van der Waals surface area contributed by atoms with E-state index in [0.717, 1.165) is 49.3 Å². The molecule has 0 aliphatic carbocycles. The van der Waals surface area contributed by atoms with Crippen LogP contribution in [-0.4, -0.2) is 31.9 Å². The summed E-state index contributed by atoms with van der Waals surface area (Å²) in [5, 5.41) is 11.7. The number of ether oxygens (including phenoxy) is 1. The monoisotopic (exact) mass is 459 g/mol. The average molecular weight is 460 g/mol. The van der Waals surface area contributed by atoms with Crippen molar-refractivity contribution in [3.05, 3.63) is 58.8 Å². The van der Waals surface area contributed by atoms with E-state index in [1.807, 2.05) is 24.3 Å². The van der Waals surface area contributed by atoms with Crippen LogP contribution >= 0.6 is 11.3 Å². The van der Waals surface area contributed by atoms with Gasteiger partial charge in [0.2, 0.25) is 0 Å². The van der Waals surface area contributed by atoms with Gasteiger partial charge in [-0.2, -0.15) is 5.26 Å². The molecule has 3 aliphatic heterocycles. The Morgan fingerprint density at radius 3 is 2.79 bits per heavy atom. The molecule has 3 aliphatic rings. The van der Waals surface area contributed by atoms with Gasteiger partial charge in [0.1, 0.15) is 22.6 Å². The molecule has 6 rings (SSSR count). The van der Waals surface area contributed by atoms with Crippen LogP contribution in [0.5, 0.6) is 0 Å². The van der Waals surface area contributed by atoms with E-state index in [-0.39, 0.29) is 5.97 Å². The predicted molar refractivity (Wildman–Crippen MR) is 130 cm³/mol. The maximum atomic E-state index is 12.1. The van der Waals surface area contributed by atoms with Crippen LogP contribution in [0.3, 0.4) is 0 Å². The van der Waals surface area contributed by atoms with Gasteiger partial charge < -0.3 is 14.1 Å². The van der Waals surface area contributed by atoms with Gasteiger partial charge in [-0.15, -0.1) is 0 Å². The van der Waals surface area contributed by atoms with Gasteiger partial charge in [0.25, 0.3) is 0 Å². The number of furan rings is 1. The first-order valence-electron chi connectivity index (χ1n) is 11.4. The number of hydrogen-bond acceptors (Lipinski definition) is 7. The zero-order valence-corrected chi connectivity index (χ0v) is 19.4. The minimum atomic E-state index is -0.307. The highest BCUT2D eigenvalue weighted by Gasteiger charge is 2.36. The molecule has 0 radical (unpaired) electrons. The summed E-state index contributed by atoms with van der Waals surface area (Å²) in [5.41, 5.74) is 3.31. The van der Waals surface area contributed by atoms with Crippen LogP contribution < -0.4 is 4.90 Å². The number of benzene rings is 1. The van der Waals surface area contributed by atoms with E-state index in [9.17, 15) is 10.1 Å². The molecule has 2 bridgehead atoms. The van der Waals surface area contributed by atoms with Gasteiger partial charge in [-0.25, -0.2) is 9.79 Å². The molecule has 168 valence electrons. The number of rotatable bonds is 7. The summed E-state index contributed by atoms with van der Waals surface area (Å²) >= 11 is 1.60. The first-order chi connectivity index (χ1) is 16.2. The fourth-order valence-electron chi connectivity index (χ4n) is 4.47. The van der Waals surface area contributed by atoms with Crippen LogP contribution in [0, 0.1) is 11.3 Å². The maximum Gasteiger partial charge on any atom is 0.338 e. The molecule has 0 amide bonds. The van der Waals surface area contributed by atoms with Gasteiger partial charge in [-0.1, -0.05) is 36.8 Å². The smallest absolute Gasteiger partial charge is 0.338 e. The minimum absolute atomic E-state index is 0.307. The number of thiophene rings is 1. The molecule has 0 spiro atoms. The van der Waals surface area contributed by atoms with E-state index >= 15 is 0 Å². The second-order valence-corrected chi connectivity index (χ2v) is 9.38. The molecular weight excluding hydrogens is 434 g/mol. The number of aliphatic imine (C=N–C) groups is 1. The molecule has 1 aromatic carbocycles. The molecule has 0 atom stereocenters. The van der Waals surface area contributed by atoms with Crippen molar-refractivity contribution in [3.8, 4) is 17.4 Å². The molecular formula is C26H25N3O3S. The summed E-state index contributed by atoms with van der Waals surface area (Å²) in [7, 11) is 0. The lowest BCUT2D eigenvalue weighted by atomic mass is 9.84. The molecule has 2 aromatic heterocycles. The molecule has 5 heterocycles. The molecule has 1 saturated heterocycles. The number of esters is 1. The summed E-state index contributed by atoms with van der Waals surface area (Å²) in [6, 6.07) is 13.3. The molecule has 3 aromatic rings. The van der Waals surface area contributed by atoms with E-state index in [2.05, 4.69) is 22.9 Å². The van der Waals surface area contributed by atoms with E-state index in [0.29, 0.717) is 35.2 Å². The highest BCUT2D eigenvalue weighted by molar-refractivity contribution is 7.20. The zero-order chi connectivity index (χ0) is 22.8. The highest BCUT2D eigenvalue weighted by Crippen LogP contribution is 2.52. The fourth-order valence-corrected chi connectivity index (χ4v) is 5.70. The Morgan fingerprint density at radius 2 is 2.06 bits per heavy atom. The average Bonchev–Trinajstić information content (AvgIpc) is 3.49. The van der Waals surface area contributed by atoms with Crippen molar-refractivity contribution >= 4 is 33.5 Å². The van der Waals surface area contributed by atoms with Crippen LogP contribution in [0.2, 0.25) is 0 Å². The number of fused-ring (bicyclic) bond motifs is 2. The lowest BCUT2D eigenvalue weighted by Gasteiger charge is -2.39. The normalized spacial score (nSPS) is 15.1. The molecule has 1 fully saturated rings. The number of carbonyl (C=O) groups excluding carboxylic acids is 1. The molecule has 0 N–H and O–H groups in total. The van der Waals surface area contributed by atoms with Crippen molar-refractivity contribution < 1.29 is 13.9 Å². The number of piperidine rings is 1.